The fourth-order valence-electron chi connectivity index (χ4n) is 4.86. The molecule has 1 fully saturated rings. The average Bonchev–Trinajstić information content (AvgIpc) is 3.41. The Balaban J connectivity index is 1.43. The van der Waals surface area contributed by atoms with Crippen LogP contribution in [0.4, 0.5) is 22.4 Å². The number of carbonyl (C=O) groups is 1. The fourth-order valence-corrected chi connectivity index (χ4v) is 4.86. The van der Waals surface area contributed by atoms with Gasteiger partial charge in [-0.05, 0) is 47.9 Å². The first-order chi connectivity index (χ1) is 18.3. The minimum atomic E-state index is -4.49. The first kappa shape index (κ1) is 25.4. The third-order valence-electron chi connectivity index (χ3n) is 6.71. The number of ether oxygens (including phenoxy) is 1. The van der Waals surface area contributed by atoms with Crippen LogP contribution >= 0.6 is 0 Å². The number of nitrogens with zero attached hydrogens (tertiary/aromatic N) is 4. The Labute approximate surface area is 216 Å². The highest BCUT2D eigenvalue weighted by molar-refractivity contribution is 5.68. The number of likely N-dealkylation sites (tertiary alicyclic amines) is 1. The maximum atomic E-state index is 14.1. The first-order valence-corrected chi connectivity index (χ1v) is 12.1. The van der Waals surface area contributed by atoms with Gasteiger partial charge >= 0.3 is 12.3 Å². The van der Waals surface area contributed by atoms with Crippen LogP contribution in [0.3, 0.4) is 0 Å². The van der Waals surface area contributed by atoms with Crippen LogP contribution in [0, 0.1) is 5.95 Å². The number of piperidine rings is 1. The molecule has 5 rings (SSSR count). The van der Waals surface area contributed by atoms with Crippen molar-refractivity contribution in [2.24, 2.45) is 0 Å². The number of amides is 1. The van der Waals surface area contributed by atoms with Crippen LogP contribution in [-0.4, -0.2) is 38.6 Å². The summed E-state index contributed by atoms with van der Waals surface area (Å²) in [5.74, 6) is -0.827. The highest BCUT2D eigenvalue weighted by Crippen LogP contribution is 2.40. The van der Waals surface area contributed by atoms with Crippen LogP contribution < -0.4 is 0 Å². The van der Waals surface area contributed by atoms with Crippen molar-refractivity contribution in [3.05, 3.63) is 114 Å². The topological polar surface area (TPSA) is 60.2 Å². The van der Waals surface area contributed by atoms with E-state index in [4.69, 9.17) is 4.74 Å². The summed E-state index contributed by atoms with van der Waals surface area (Å²) in [6.07, 6.45) is -0.0404. The molecule has 0 aliphatic carbocycles. The van der Waals surface area contributed by atoms with Crippen molar-refractivity contribution < 1.29 is 27.1 Å². The fraction of sp³-hybridized carbons (Fsp3) is 0.250. The number of alkyl halides is 3. The van der Waals surface area contributed by atoms with E-state index >= 15 is 0 Å². The van der Waals surface area contributed by atoms with Gasteiger partial charge in [-0.3, -0.25) is 0 Å². The van der Waals surface area contributed by atoms with E-state index in [1.807, 2.05) is 30.3 Å². The van der Waals surface area contributed by atoms with Crippen molar-refractivity contribution in [1.29, 1.82) is 0 Å². The number of imidazole rings is 1. The van der Waals surface area contributed by atoms with Crippen LogP contribution in [0.2, 0.25) is 0 Å². The van der Waals surface area contributed by atoms with Crippen LogP contribution in [0.15, 0.2) is 85.3 Å². The zero-order chi connectivity index (χ0) is 26.7. The van der Waals surface area contributed by atoms with E-state index < -0.39 is 29.7 Å². The van der Waals surface area contributed by atoms with Gasteiger partial charge in [-0.1, -0.05) is 36.4 Å². The monoisotopic (exact) mass is 524 g/mol. The zero-order valence-electron chi connectivity index (χ0n) is 20.2. The highest BCUT2D eigenvalue weighted by Gasteiger charge is 2.37. The van der Waals surface area contributed by atoms with Gasteiger partial charge in [-0.2, -0.15) is 17.6 Å². The van der Waals surface area contributed by atoms with Crippen molar-refractivity contribution in [1.82, 2.24) is 19.4 Å². The van der Waals surface area contributed by atoms with E-state index in [1.54, 1.807) is 27.8 Å². The Hall–Kier alpha value is -4.21. The molecule has 38 heavy (non-hydrogen) atoms. The summed E-state index contributed by atoms with van der Waals surface area (Å²) < 4.78 is 61.3. The van der Waals surface area contributed by atoms with Crippen molar-refractivity contribution >= 4 is 6.09 Å². The van der Waals surface area contributed by atoms with Gasteiger partial charge < -0.3 is 14.2 Å². The number of rotatable bonds is 5. The summed E-state index contributed by atoms with van der Waals surface area (Å²) in [6.45, 7) is 0.684. The lowest BCUT2D eigenvalue weighted by atomic mass is 9.80. The number of aromatic nitrogens is 3. The number of carbonyl (C=O) groups excluding carboxylic acids is 1. The second-order valence-electron chi connectivity index (χ2n) is 9.10. The minimum Gasteiger partial charge on any atom is -0.445 e. The lowest BCUT2D eigenvalue weighted by molar-refractivity contribution is -0.137. The molecule has 0 bridgehead atoms. The van der Waals surface area contributed by atoms with E-state index in [0.29, 0.717) is 30.0 Å². The standard InChI is InChI=1S/C28H24F4N4O2/c29-25-15-20(9-11-33-25)24-17-35(27(37)38-18-19-5-2-1-3-6-19)13-10-23(24)26-34-12-14-36(26)22-8-4-7-21(16-22)28(30,31)32/h1-9,11-12,14-16,23-24H,10,13,17-18H2. The molecule has 1 aliphatic heterocycles. The molecule has 4 aromatic rings. The van der Waals surface area contributed by atoms with Crippen molar-refractivity contribution in [2.75, 3.05) is 13.1 Å². The number of hydrogen-bond donors (Lipinski definition) is 0. The molecule has 6 nitrogen and oxygen atoms in total. The zero-order valence-corrected chi connectivity index (χ0v) is 20.2. The molecule has 2 aromatic carbocycles. The number of halogens is 4. The van der Waals surface area contributed by atoms with Crippen LogP contribution in [0.5, 0.6) is 0 Å². The molecule has 0 radical (unpaired) electrons. The molecule has 3 heterocycles. The normalized spacial score (nSPS) is 17.8. The summed E-state index contributed by atoms with van der Waals surface area (Å²) in [6, 6.07) is 17.3. The van der Waals surface area contributed by atoms with Gasteiger partial charge in [0.2, 0.25) is 5.95 Å². The van der Waals surface area contributed by atoms with Gasteiger partial charge in [-0.25, -0.2) is 14.8 Å². The molecule has 0 N–H and O–H groups in total. The number of pyridine rings is 1. The van der Waals surface area contributed by atoms with Gasteiger partial charge in [0.25, 0.3) is 0 Å². The van der Waals surface area contributed by atoms with Gasteiger partial charge in [0.15, 0.2) is 0 Å². The molecule has 196 valence electrons. The number of hydrogen-bond acceptors (Lipinski definition) is 4. The van der Waals surface area contributed by atoms with Gasteiger partial charge in [0.1, 0.15) is 12.4 Å². The van der Waals surface area contributed by atoms with Crippen molar-refractivity contribution in [3.63, 3.8) is 0 Å². The molecule has 10 heteroatoms. The molecule has 2 unspecified atom stereocenters. The van der Waals surface area contributed by atoms with E-state index in [9.17, 15) is 22.4 Å². The maximum Gasteiger partial charge on any atom is 0.416 e. The summed E-state index contributed by atoms with van der Waals surface area (Å²) in [7, 11) is 0. The quantitative estimate of drug-likeness (QED) is 0.226. The molecular weight excluding hydrogens is 500 g/mol. The van der Waals surface area contributed by atoms with E-state index in [1.165, 1.54) is 24.5 Å². The van der Waals surface area contributed by atoms with Gasteiger partial charge in [0.05, 0.1) is 5.56 Å². The van der Waals surface area contributed by atoms with E-state index in [2.05, 4.69) is 9.97 Å². The summed E-state index contributed by atoms with van der Waals surface area (Å²) >= 11 is 0. The average molecular weight is 525 g/mol. The Morgan fingerprint density at radius 3 is 2.55 bits per heavy atom. The Bertz CT molecular complexity index is 1410. The van der Waals surface area contributed by atoms with Gasteiger partial charge in [0, 0.05) is 49.2 Å². The predicted molar refractivity (Wildman–Crippen MR) is 131 cm³/mol. The Morgan fingerprint density at radius 1 is 0.974 bits per heavy atom. The summed E-state index contributed by atoms with van der Waals surface area (Å²) in [5, 5.41) is 0. The summed E-state index contributed by atoms with van der Waals surface area (Å²) in [5.41, 5.74) is 1.02. The smallest absolute Gasteiger partial charge is 0.416 e. The second-order valence-corrected chi connectivity index (χ2v) is 9.10. The highest BCUT2D eigenvalue weighted by atomic mass is 19.4. The van der Waals surface area contributed by atoms with Crippen LogP contribution in [0.25, 0.3) is 5.69 Å². The third kappa shape index (κ3) is 5.53. The summed E-state index contributed by atoms with van der Waals surface area (Å²) in [4.78, 5) is 22.6. The molecule has 1 amide bonds. The first-order valence-electron chi connectivity index (χ1n) is 12.1. The van der Waals surface area contributed by atoms with Crippen molar-refractivity contribution in [2.45, 2.75) is 31.0 Å². The molecule has 0 spiro atoms. The number of benzene rings is 2. The van der Waals surface area contributed by atoms with Crippen molar-refractivity contribution in [3.8, 4) is 5.69 Å². The molecule has 2 aromatic heterocycles. The maximum absolute atomic E-state index is 14.1. The van der Waals surface area contributed by atoms with Crippen LogP contribution in [0.1, 0.15) is 40.8 Å². The predicted octanol–water partition coefficient (Wildman–Crippen LogP) is 6.34. The van der Waals surface area contributed by atoms with E-state index in [0.717, 1.165) is 17.7 Å². The molecule has 2 atom stereocenters. The molecular formula is C28H24F4N4O2. The lowest BCUT2D eigenvalue weighted by Gasteiger charge is -2.38. The lowest BCUT2D eigenvalue weighted by Crippen LogP contribution is -2.42. The molecule has 0 saturated carbocycles. The van der Waals surface area contributed by atoms with Gasteiger partial charge in [-0.15, -0.1) is 0 Å². The van der Waals surface area contributed by atoms with E-state index in [-0.39, 0.29) is 19.1 Å². The minimum absolute atomic E-state index is 0.119. The third-order valence-corrected chi connectivity index (χ3v) is 6.71. The Morgan fingerprint density at radius 2 is 1.79 bits per heavy atom. The Kier molecular flexibility index (Phi) is 7.13. The molecule has 1 aliphatic rings. The second kappa shape index (κ2) is 10.6. The van der Waals surface area contributed by atoms with Crippen LogP contribution in [-0.2, 0) is 17.5 Å². The largest absolute Gasteiger partial charge is 0.445 e. The molecule has 1 saturated heterocycles. The SMILES string of the molecule is O=C(OCc1ccccc1)N1CCC(c2nccn2-c2cccc(C(F)(F)F)c2)C(c2ccnc(F)c2)C1.